The average Bonchev–Trinajstić information content (AvgIpc) is 3.15. The lowest BCUT2D eigenvalue weighted by Gasteiger charge is -2.47. The van der Waals surface area contributed by atoms with Crippen LogP contribution in [0.25, 0.3) is 0 Å². The number of rotatable bonds is 6. The van der Waals surface area contributed by atoms with E-state index in [1.54, 1.807) is 0 Å². The summed E-state index contributed by atoms with van der Waals surface area (Å²) in [7, 11) is 0. The maximum Gasteiger partial charge on any atom is 0.408 e. The number of hydrogen-bond acceptors (Lipinski definition) is 6. The molecule has 2 aliphatic heterocycles. The number of hydrogen-bond donors (Lipinski definition) is 3. The number of fused-ring (bicyclic) bond motifs is 6. The molecule has 270 valence electrons. The van der Waals surface area contributed by atoms with Gasteiger partial charge < -0.3 is 30.3 Å². The summed E-state index contributed by atoms with van der Waals surface area (Å²) in [4.78, 5) is 57.3. The molecule has 51 heavy (non-hydrogen) atoms. The van der Waals surface area contributed by atoms with Gasteiger partial charge in [-0.25, -0.2) is 4.79 Å². The maximum absolute atomic E-state index is 14.2. The highest BCUT2D eigenvalue weighted by molar-refractivity contribution is 5.94. The molecule has 3 aromatic carbocycles. The van der Waals surface area contributed by atoms with Crippen LogP contribution in [0.2, 0.25) is 0 Å². The smallest absolute Gasteiger partial charge is 0.408 e. The molecule has 10 nitrogen and oxygen atoms in total. The van der Waals surface area contributed by atoms with Crippen molar-refractivity contribution in [3.05, 3.63) is 101 Å². The molecule has 1 saturated carbocycles. The predicted octanol–water partition coefficient (Wildman–Crippen LogP) is 5.60. The first-order valence-electron chi connectivity index (χ1n) is 18.4. The Morgan fingerprint density at radius 1 is 0.922 bits per heavy atom. The Hall–Kier alpha value is -4.86. The highest BCUT2D eigenvalue weighted by atomic mass is 16.5. The number of nitrogens with one attached hydrogen (secondary N) is 3. The molecule has 1 saturated heterocycles. The first-order chi connectivity index (χ1) is 24.8. The first kappa shape index (κ1) is 35.9. The van der Waals surface area contributed by atoms with Crippen LogP contribution in [0.1, 0.15) is 73.6 Å². The topological polar surface area (TPSA) is 126 Å². The number of ether oxygens (including phenoxy) is 2. The van der Waals surface area contributed by atoms with Crippen LogP contribution in [0.5, 0.6) is 5.75 Å². The summed E-state index contributed by atoms with van der Waals surface area (Å²) < 4.78 is 11.7. The summed E-state index contributed by atoms with van der Waals surface area (Å²) in [5.41, 5.74) is 3.76. The van der Waals surface area contributed by atoms with Gasteiger partial charge in [0.15, 0.2) is 0 Å². The van der Waals surface area contributed by atoms with E-state index < -0.39 is 24.1 Å². The van der Waals surface area contributed by atoms with Gasteiger partial charge >= 0.3 is 6.09 Å². The molecular weight excluding hydrogens is 644 g/mol. The number of carbonyl (C=O) groups excluding carboxylic acids is 4. The number of carbonyl (C=O) groups is 4. The van der Waals surface area contributed by atoms with Crippen molar-refractivity contribution in [2.45, 2.75) is 96.0 Å². The zero-order chi connectivity index (χ0) is 35.6. The largest absolute Gasteiger partial charge is 0.494 e. The lowest BCUT2D eigenvalue weighted by molar-refractivity contribution is -0.142. The molecule has 5 atom stereocenters. The Kier molecular flexibility index (Phi) is 12.2. The van der Waals surface area contributed by atoms with Gasteiger partial charge in [-0.15, -0.1) is 0 Å². The van der Waals surface area contributed by atoms with E-state index in [0.717, 1.165) is 66.5 Å². The van der Waals surface area contributed by atoms with E-state index in [0.29, 0.717) is 31.9 Å². The molecule has 0 aromatic heterocycles. The van der Waals surface area contributed by atoms with Crippen LogP contribution in [-0.2, 0) is 38.7 Å². The molecule has 3 unspecified atom stereocenters. The number of aryl methyl sites for hydroxylation is 2. The molecule has 1 aliphatic carbocycles. The van der Waals surface area contributed by atoms with Crippen LogP contribution in [0.3, 0.4) is 0 Å². The third-order valence-corrected chi connectivity index (χ3v) is 10.6. The van der Waals surface area contributed by atoms with Crippen LogP contribution >= 0.6 is 0 Å². The Morgan fingerprint density at radius 3 is 2.45 bits per heavy atom. The van der Waals surface area contributed by atoms with Crippen molar-refractivity contribution in [2.75, 3.05) is 13.2 Å². The van der Waals surface area contributed by atoms with Gasteiger partial charge in [-0.1, -0.05) is 79.6 Å². The molecule has 0 spiro atoms. The molecule has 3 N–H and O–H groups in total. The number of benzene rings is 3. The van der Waals surface area contributed by atoms with Gasteiger partial charge in [-0.2, -0.15) is 0 Å². The van der Waals surface area contributed by atoms with E-state index in [4.69, 9.17) is 9.47 Å². The van der Waals surface area contributed by atoms with Crippen LogP contribution in [0.4, 0.5) is 4.79 Å². The second-order valence-electron chi connectivity index (χ2n) is 14.3. The molecule has 10 heteroatoms. The third kappa shape index (κ3) is 9.90. The van der Waals surface area contributed by atoms with E-state index in [2.05, 4.69) is 16.0 Å². The van der Waals surface area contributed by atoms with Crippen molar-refractivity contribution in [3.8, 4) is 5.75 Å². The minimum Gasteiger partial charge on any atom is -0.494 e. The van der Waals surface area contributed by atoms with Gasteiger partial charge in [-0.05, 0) is 91.7 Å². The Balaban J connectivity index is 1.27. The number of amides is 4. The van der Waals surface area contributed by atoms with Crippen LogP contribution in [-0.4, -0.2) is 60.0 Å². The van der Waals surface area contributed by atoms with Crippen LogP contribution < -0.4 is 20.7 Å². The van der Waals surface area contributed by atoms with Crippen molar-refractivity contribution in [2.24, 2.45) is 11.8 Å². The summed E-state index contributed by atoms with van der Waals surface area (Å²) in [6.45, 7) is 3.36. The molecule has 3 aromatic rings. The van der Waals surface area contributed by atoms with Crippen LogP contribution in [0, 0.1) is 18.8 Å². The first-order valence-corrected chi connectivity index (χ1v) is 18.4. The number of piperidine rings is 1. The molecule has 4 bridgehead atoms. The molecule has 0 radical (unpaired) electrons. The minimum atomic E-state index is -1.24. The van der Waals surface area contributed by atoms with E-state index in [1.165, 1.54) is 0 Å². The van der Waals surface area contributed by atoms with E-state index in [1.807, 2.05) is 90.7 Å². The number of nitrogens with zero attached hydrogens (tertiary/aromatic N) is 1. The second-order valence-corrected chi connectivity index (χ2v) is 14.3. The van der Waals surface area contributed by atoms with Gasteiger partial charge in [0.25, 0.3) is 0 Å². The van der Waals surface area contributed by atoms with E-state index in [9.17, 15) is 19.2 Å². The SMILES string of the molecule is Cc1ccc2cc1CNC(=O)[C@H](CCc1ccccc1)NC(=O)[C@@H](NC(=O)OCc1ccccc1)CC(=O)N1CC(CCO2)CC2CCCCC21. The molecule has 2 fully saturated rings. The summed E-state index contributed by atoms with van der Waals surface area (Å²) in [6, 6.07) is 22.9. The fourth-order valence-corrected chi connectivity index (χ4v) is 7.77. The second kappa shape index (κ2) is 17.4. The maximum atomic E-state index is 14.2. The summed E-state index contributed by atoms with van der Waals surface area (Å²) in [5.74, 6) is 0.249. The summed E-state index contributed by atoms with van der Waals surface area (Å²) in [6.07, 6.45) is 5.84. The van der Waals surface area contributed by atoms with Crippen molar-refractivity contribution in [3.63, 3.8) is 0 Å². The van der Waals surface area contributed by atoms with Gasteiger partial charge in [0.05, 0.1) is 13.0 Å². The summed E-state index contributed by atoms with van der Waals surface area (Å²) >= 11 is 0. The van der Waals surface area contributed by atoms with Gasteiger partial charge in [0.1, 0.15) is 24.4 Å². The lowest BCUT2D eigenvalue weighted by Crippen LogP contribution is -2.57. The highest BCUT2D eigenvalue weighted by Crippen LogP contribution is 2.39. The molecule has 3 aliphatic rings. The van der Waals surface area contributed by atoms with Crippen molar-refractivity contribution in [1.82, 2.24) is 20.9 Å². The standard InChI is InChI=1S/C41H50N4O6/c1-28-16-18-34-23-33(28)25-42-39(47)35(19-17-29-10-4-2-5-11-29)43-40(48)36(44-41(49)51-27-30-12-6-3-7-13-30)24-38(46)45-26-31(20-21-50-34)22-32-14-8-9-15-37(32)45/h2-7,10-13,16,18,23,31-32,35-37H,8-9,14-15,17,19-22,24-27H2,1H3,(H,42,47)(H,43,48)(H,44,49)/t31?,32?,35-,36-,37?/m0/s1. The van der Waals surface area contributed by atoms with E-state index >= 15 is 0 Å². The quantitative estimate of drug-likeness (QED) is 0.309. The monoisotopic (exact) mass is 694 g/mol. The third-order valence-electron chi connectivity index (χ3n) is 10.6. The zero-order valence-electron chi connectivity index (χ0n) is 29.5. The number of alkyl carbamates (subject to hydrolysis) is 1. The van der Waals surface area contributed by atoms with Gasteiger partial charge in [-0.3, -0.25) is 14.4 Å². The average molecular weight is 695 g/mol. The van der Waals surface area contributed by atoms with E-state index in [-0.39, 0.29) is 43.3 Å². The predicted molar refractivity (Wildman–Crippen MR) is 194 cm³/mol. The zero-order valence-corrected chi connectivity index (χ0v) is 29.5. The van der Waals surface area contributed by atoms with Crippen molar-refractivity contribution in [1.29, 1.82) is 0 Å². The van der Waals surface area contributed by atoms with Crippen LogP contribution in [0.15, 0.2) is 78.9 Å². The van der Waals surface area contributed by atoms with Crippen molar-refractivity contribution >= 4 is 23.8 Å². The molecule has 4 amide bonds. The molecule has 6 rings (SSSR count). The van der Waals surface area contributed by atoms with Gasteiger partial charge in [0, 0.05) is 19.1 Å². The normalized spacial score (nSPS) is 24.5. The fraction of sp³-hybridized carbons (Fsp3) is 0.463. The fourth-order valence-electron chi connectivity index (χ4n) is 7.77. The Morgan fingerprint density at radius 2 is 1.67 bits per heavy atom. The van der Waals surface area contributed by atoms with Gasteiger partial charge in [0.2, 0.25) is 17.7 Å². The lowest BCUT2D eigenvalue weighted by atomic mass is 9.74. The summed E-state index contributed by atoms with van der Waals surface area (Å²) in [5, 5.41) is 8.61. The Bertz CT molecular complexity index is 1650. The highest BCUT2D eigenvalue weighted by Gasteiger charge is 2.41. The minimum absolute atomic E-state index is 0.0112. The molecule has 2 heterocycles. The Labute approximate surface area is 300 Å². The van der Waals surface area contributed by atoms with Crippen molar-refractivity contribution < 1.29 is 28.7 Å². The molecular formula is C41H50N4O6.